The molecule has 144 valence electrons. The topological polar surface area (TPSA) is 30.9 Å². The van der Waals surface area contributed by atoms with E-state index < -0.39 is 18.3 Å². The minimum Gasteiger partial charge on any atom is -0.399 e. The Balaban J connectivity index is 1.77. The van der Waals surface area contributed by atoms with Crippen molar-refractivity contribution in [2.24, 2.45) is 0 Å². The zero-order chi connectivity index (χ0) is 19.2. The Labute approximate surface area is 157 Å². The normalized spacial score (nSPS) is 28.5. The van der Waals surface area contributed by atoms with Gasteiger partial charge in [0.15, 0.2) is 0 Å². The summed E-state index contributed by atoms with van der Waals surface area (Å²) in [6.45, 7) is 12.8. The van der Waals surface area contributed by atoms with Gasteiger partial charge in [-0.2, -0.15) is 0 Å². The van der Waals surface area contributed by atoms with Gasteiger partial charge in [0.25, 0.3) is 0 Å². The standard InChI is InChI=1S/C20H31BFNO3/c1-18(2)19(3,4)26-21(25-18)16-12-15(8-9-17(16)22)13-23-11-7-10-20(5,14-23)24-6/h8-9,12H,7,10-11,13-14H2,1-6H3. The first-order chi connectivity index (χ1) is 12.1. The predicted molar refractivity (Wildman–Crippen MR) is 102 cm³/mol. The van der Waals surface area contributed by atoms with E-state index in [4.69, 9.17) is 14.0 Å². The SMILES string of the molecule is COC1(C)CCCN(Cc2ccc(F)c(B3OC(C)(C)C(C)(C)O3)c2)C1. The highest BCUT2D eigenvalue weighted by Gasteiger charge is 2.52. The number of hydrogen-bond acceptors (Lipinski definition) is 4. The van der Waals surface area contributed by atoms with Gasteiger partial charge in [-0.1, -0.05) is 12.1 Å². The highest BCUT2D eigenvalue weighted by atomic mass is 19.1. The molecule has 0 aliphatic carbocycles. The molecule has 1 aromatic rings. The van der Waals surface area contributed by atoms with Crippen LogP contribution in [0.2, 0.25) is 0 Å². The largest absolute Gasteiger partial charge is 0.497 e. The molecule has 2 aliphatic rings. The van der Waals surface area contributed by atoms with Gasteiger partial charge in [-0.25, -0.2) is 4.39 Å². The van der Waals surface area contributed by atoms with Gasteiger partial charge < -0.3 is 14.0 Å². The number of rotatable bonds is 4. The molecule has 26 heavy (non-hydrogen) atoms. The first-order valence-corrected chi connectivity index (χ1v) is 9.47. The van der Waals surface area contributed by atoms with Crippen molar-refractivity contribution in [3.63, 3.8) is 0 Å². The summed E-state index contributed by atoms with van der Waals surface area (Å²) in [5.41, 5.74) is 0.483. The van der Waals surface area contributed by atoms with E-state index in [9.17, 15) is 4.39 Å². The van der Waals surface area contributed by atoms with Crippen LogP contribution >= 0.6 is 0 Å². The summed E-state index contributed by atoms with van der Waals surface area (Å²) in [5.74, 6) is -0.285. The van der Waals surface area contributed by atoms with E-state index in [2.05, 4.69) is 11.8 Å². The molecule has 2 saturated heterocycles. The molecule has 6 heteroatoms. The second-order valence-electron chi connectivity index (χ2n) is 8.91. The second kappa shape index (κ2) is 6.90. The van der Waals surface area contributed by atoms with Crippen LogP contribution in [0, 0.1) is 5.82 Å². The summed E-state index contributed by atoms with van der Waals surface area (Å²) in [5, 5.41) is 0. The molecule has 0 N–H and O–H groups in total. The molecule has 3 rings (SSSR count). The molecule has 1 atom stereocenters. The van der Waals surface area contributed by atoms with Gasteiger partial charge >= 0.3 is 7.12 Å². The lowest BCUT2D eigenvalue weighted by Gasteiger charge is -2.39. The number of methoxy groups -OCH3 is 1. The lowest BCUT2D eigenvalue weighted by molar-refractivity contribution is -0.0527. The lowest BCUT2D eigenvalue weighted by Crippen LogP contribution is -2.47. The van der Waals surface area contributed by atoms with Crippen molar-refractivity contribution >= 4 is 12.6 Å². The van der Waals surface area contributed by atoms with Gasteiger partial charge in [0.1, 0.15) is 5.82 Å². The molecule has 1 aromatic carbocycles. The first kappa shape index (κ1) is 19.8. The van der Waals surface area contributed by atoms with Crippen molar-refractivity contribution in [2.45, 2.75) is 70.8 Å². The van der Waals surface area contributed by atoms with Crippen LogP contribution < -0.4 is 5.46 Å². The van der Waals surface area contributed by atoms with Crippen LogP contribution in [0.1, 0.15) is 53.0 Å². The third-order valence-corrected chi connectivity index (χ3v) is 6.20. The Kier molecular flexibility index (Phi) is 5.25. The molecule has 0 amide bonds. The molecule has 4 nitrogen and oxygen atoms in total. The molecule has 0 spiro atoms. The zero-order valence-corrected chi connectivity index (χ0v) is 16.9. The number of halogens is 1. The van der Waals surface area contributed by atoms with Gasteiger partial charge in [0.2, 0.25) is 0 Å². The van der Waals surface area contributed by atoms with E-state index in [1.807, 2.05) is 39.8 Å². The van der Waals surface area contributed by atoms with E-state index in [0.29, 0.717) is 5.46 Å². The van der Waals surface area contributed by atoms with Crippen LogP contribution in [-0.4, -0.2) is 49.0 Å². The number of nitrogens with zero attached hydrogens (tertiary/aromatic N) is 1. The number of likely N-dealkylation sites (tertiary alicyclic amines) is 1. The summed E-state index contributed by atoms with van der Waals surface area (Å²) in [6.07, 6.45) is 2.18. The quantitative estimate of drug-likeness (QED) is 0.770. The van der Waals surface area contributed by atoms with Crippen LogP contribution in [0.3, 0.4) is 0 Å². The third kappa shape index (κ3) is 3.84. The van der Waals surface area contributed by atoms with Crippen molar-refractivity contribution in [3.05, 3.63) is 29.6 Å². The van der Waals surface area contributed by atoms with E-state index in [1.54, 1.807) is 7.11 Å². The Morgan fingerprint density at radius 2 is 1.81 bits per heavy atom. The molecule has 0 aromatic heterocycles. The van der Waals surface area contributed by atoms with Gasteiger partial charge in [0.05, 0.1) is 16.8 Å². The van der Waals surface area contributed by atoms with Crippen molar-refractivity contribution in [2.75, 3.05) is 20.2 Å². The maximum absolute atomic E-state index is 14.5. The fourth-order valence-electron chi connectivity index (χ4n) is 3.71. The van der Waals surface area contributed by atoms with Crippen molar-refractivity contribution in [1.29, 1.82) is 0 Å². The summed E-state index contributed by atoms with van der Waals surface area (Å²) < 4.78 is 32.2. The molecule has 2 fully saturated rings. The van der Waals surface area contributed by atoms with E-state index in [1.165, 1.54) is 6.07 Å². The minimum atomic E-state index is -0.675. The molecular weight excluding hydrogens is 332 g/mol. The fourth-order valence-corrected chi connectivity index (χ4v) is 3.71. The smallest absolute Gasteiger partial charge is 0.399 e. The minimum absolute atomic E-state index is 0.104. The summed E-state index contributed by atoms with van der Waals surface area (Å²) in [7, 11) is 1.10. The van der Waals surface area contributed by atoms with Gasteiger partial charge in [-0.15, -0.1) is 0 Å². The Hall–Kier alpha value is -0.945. The molecule has 2 heterocycles. The maximum atomic E-state index is 14.5. The Morgan fingerprint density at radius 1 is 1.15 bits per heavy atom. The van der Waals surface area contributed by atoms with E-state index in [0.717, 1.165) is 38.0 Å². The van der Waals surface area contributed by atoms with E-state index in [-0.39, 0.29) is 11.4 Å². The molecule has 0 bridgehead atoms. The van der Waals surface area contributed by atoms with Crippen molar-refractivity contribution in [3.8, 4) is 0 Å². The fraction of sp³-hybridized carbons (Fsp3) is 0.700. The van der Waals surface area contributed by atoms with Gasteiger partial charge in [0, 0.05) is 25.7 Å². The Morgan fingerprint density at radius 3 is 2.42 bits per heavy atom. The van der Waals surface area contributed by atoms with Crippen LogP contribution in [0.15, 0.2) is 18.2 Å². The molecule has 0 radical (unpaired) electrons. The molecule has 1 unspecified atom stereocenters. The van der Waals surface area contributed by atoms with Crippen LogP contribution in [-0.2, 0) is 20.6 Å². The summed E-state index contributed by atoms with van der Waals surface area (Å²) in [4.78, 5) is 2.37. The monoisotopic (exact) mass is 363 g/mol. The van der Waals surface area contributed by atoms with Crippen LogP contribution in [0.25, 0.3) is 0 Å². The molecule has 2 aliphatic heterocycles. The third-order valence-electron chi connectivity index (χ3n) is 6.20. The van der Waals surface area contributed by atoms with Crippen LogP contribution in [0.5, 0.6) is 0 Å². The molecular formula is C20H31BFNO3. The van der Waals surface area contributed by atoms with Crippen molar-refractivity contribution < 1.29 is 18.4 Å². The Bertz CT molecular complexity index is 650. The lowest BCUT2D eigenvalue weighted by atomic mass is 9.78. The highest BCUT2D eigenvalue weighted by Crippen LogP contribution is 2.36. The van der Waals surface area contributed by atoms with E-state index >= 15 is 0 Å². The number of ether oxygens (including phenoxy) is 1. The summed E-state index contributed by atoms with van der Waals surface area (Å²) in [6, 6.07) is 5.26. The number of hydrogen-bond donors (Lipinski definition) is 0. The number of benzene rings is 1. The zero-order valence-electron chi connectivity index (χ0n) is 16.9. The average molecular weight is 363 g/mol. The van der Waals surface area contributed by atoms with Gasteiger partial charge in [-0.3, -0.25) is 4.90 Å². The average Bonchev–Trinajstić information content (AvgIpc) is 2.77. The maximum Gasteiger partial charge on any atom is 0.497 e. The predicted octanol–water partition coefficient (Wildman–Crippen LogP) is 3.13. The van der Waals surface area contributed by atoms with Crippen LogP contribution in [0.4, 0.5) is 4.39 Å². The van der Waals surface area contributed by atoms with Crippen molar-refractivity contribution in [1.82, 2.24) is 4.90 Å². The highest BCUT2D eigenvalue weighted by molar-refractivity contribution is 6.62. The number of piperidine rings is 1. The molecule has 0 saturated carbocycles. The summed E-state index contributed by atoms with van der Waals surface area (Å²) >= 11 is 0. The second-order valence-corrected chi connectivity index (χ2v) is 8.91. The van der Waals surface area contributed by atoms with Gasteiger partial charge in [-0.05, 0) is 65.6 Å². The first-order valence-electron chi connectivity index (χ1n) is 9.47.